The van der Waals surface area contributed by atoms with Gasteiger partial charge in [0.05, 0.1) is 0 Å². The molecule has 2 atom stereocenters. The van der Waals surface area contributed by atoms with E-state index in [1.807, 2.05) is 0 Å². The maximum atomic E-state index is 9.46. The first-order valence-corrected chi connectivity index (χ1v) is 18.8. The van der Waals surface area contributed by atoms with E-state index in [0.717, 1.165) is 0 Å². The van der Waals surface area contributed by atoms with Crippen molar-refractivity contribution in [3.63, 3.8) is 0 Å². The largest absolute Gasteiger partial charge is 1.00 e. The normalized spacial score (nSPS) is 20.2. The van der Waals surface area contributed by atoms with Crippen LogP contribution >= 0.6 is 0 Å². The summed E-state index contributed by atoms with van der Waals surface area (Å²) in [5.41, 5.74) is 9.35. The summed E-state index contributed by atoms with van der Waals surface area (Å²) in [5.74, 6) is 0. The third-order valence-corrected chi connectivity index (χ3v) is 13.1. The standard InChI is InChI=1S/2C13H14N.2CH3NO.2ClH.Ga.Zr.H/c2*1-2-6-12-11(5-1)7-8-13(12)14-9-3-4-10-14;2*2-1-3;;;;;/h2*1-2,5-8H,3-4,9-10H2;2*1H,(H2,2,3);2*1H;;;/q;;;;;;2*+2;/p-4. The number of amides is 2. The van der Waals surface area contributed by atoms with Gasteiger partial charge < -0.3 is 24.8 Å². The molecule has 38 heavy (non-hydrogen) atoms. The average Bonchev–Trinajstić information content (AvgIpc) is 3.72. The van der Waals surface area contributed by atoms with Gasteiger partial charge in [0.15, 0.2) is 0 Å². The summed E-state index contributed by atoms with van der Waals surface area (Å²) in [5, 5.41) is 0. The number of rotatable bonds is 8. The minimum Gasteiger partial charge on any atom is -1.00 e. The van der Waals surface area contributed by atoms with Crippen LogP contribution in [0.2, 0.25) is 0 Å². The molecule has 2 aliphatic carbocycles. The first kappa shape index (κ1) is 31.1. The number of allylic oxidation sites excluding steroid dienone is 2. The quantitative estimate of drug-likeness (QED) is 0.179. The van der Waals surface area contributed by atoms with Gasteiger partial charge in [0.25, 0.3) is 0 Å². The Morgan fingerprint density at radius 2 is 1.08 bits per heavy atom. The number of carbonyl (C=O) groups is 2. The van der Waals surface area contributed by atoms with E-state index in [9.17, 15) is 9.59 Å². The van der Waals surface area contributed by atoms with Crippen LogP contribution in [-0.2, 0) is 32.8 Å². The Kier molecular flexibility index (Phi) is 12.6. The van der Waals surface area contributed by atoms with Crippen LogP contribution in [0.5, 0.6) is 0 Å². The van der Waals surface area contributed by atoms with Crippen LogP contribution in [-0.4, -0.2) is 66.7 Å². The van der Waals surface area contributed by atoms with Crippen LogP contribution in [0.3, 0.4) is 0 Å². The van der Waals surface area contributed by atoms with Crippen molar-refractivity contribution < 1.29 is 57.6 Å². The molecule has 0 aromatic heterocycles. The van der Waals surface area contributed by atoms with Crippen LogP contribution in [0.15, 0.2) is 60.7 Å². The molecule has 2 heterocycles. The molecule has 2 amide bonds. The van der Waals surface area contributed by atoms with E-state index in [1.165, 1.54) is 63.0 Å². The van der Waals surface area contributed by atoms with Crippen molar-refractivity contribution in [2.24, 2.45) is 0 Å². The Morgan fingerprint density at radius 1 is 0.684 bits per heavy atom. The van der Waals surface area contributed by atoms with Crippen molar-refractivity contribution in [2.75, 3.05) is 26.2 Å². The molecule has 2 fully saturated rings. The fourth-order valence-corrected chi connectivity index (χ4v) is 10.7. The second kappa shape index (κ2) is 15.4. The fraction of sp³-hybridized carbons (Fsp3) is 0.357. The zero-order valence-electron chi connectivity index (χ0n) is 21.4. The summed E-state index contributed by atoms with van der Waals surface area (Å²) in [7, 11) is 0. The van der Waals surface area contributed by atoms with Crippen molar-refractivity contribution in [2.45, 2.75) is 32.9 Å². The molecule has 10 heteroatoms. The van der Waals surface area contributed by atoms with E-state index in [2.05, 4.69) is 78.5 Å². The van der Waals surface area contributed by atoms with Crippen molar-refractivity contribution in [1.82, 2.24) is 17.8 Å². The fourth-order valence-electron chi connectivity index (χ4n) is 5.76. The molecule has 4 aliphatic rings. The molecule has 0 bridgehead atoms. The topological polar surface area (TPSA) is 64.7 Å². The number of fused-ring (bicyclic) bond motifs is 2. The maximum absolute atomic E-state index is 9.46. The van der Waals surface area contributed by atoms with E-state index in [-0.39, 0.29) is 24.8 Å². The number of carbonyl (C=O) groups excluding carboxylic acids is 2. The predicted molar refractivity (Wildman–Crippen MR) is 141 cm³/mol. The molecule has 2 aromatic rings. The Morgan fingerprint density at radius 3 is 1.47 bits per heavy atom. The zero-order valence-corrected chi connectivity index (χ0v) is 28.4. The molecule has 0 spiro atoms. The van der Waals surface area contributed by atoms with Gasteiger partial charge in [-0.1, -0.05) is 0 Å². The number of nitrogens with zero attached hydrogens (tertiary/aromatic N) is 2. The summed E-state index contributed by atoms with van der Waals surface area (Å²) < 4.78 is 6.21. The van der Waals surface area contributed by atoms with Crippen molar-refractivity contribution in [3.8, 4) is 0 Å². The number of nitrogens with one attached hydrogen (secondary N) is 2. The van der Waals surface area contributed by atoms with Gasteiger partial charge in [-0.05, 0) is 0 Å². The van der Waals surface area contributed by atoms with E-state index in [4.69, 9.17) is 0 Å². The Bertz CT molecular complexity index is 1070. The van der Waals surface area contributed by atoms with Crippen molar-refractivity contribution in [1.29, 1.82) is 0 Å². The van der Waals surface area contributed by atoms with Gasteiger partial charge in [-0.25, -0.2) is 0 Å². The zero-order chi connectivity index (χ0) is 24.7. The monoisotopic (exact) mass is 686 g/mol. The number of halogens is 2. The second-order valence-corrected chi connectivity index (χ2v) is 15.9. The number of benzene rings is 2. The molecule has 0 saturated carbocycles. The summed E-state index contributed by atoms with van der Waals surface area (Å²) in [4.78, 5) is 24.2. The molecule has 2 N–H and O–H groups in total. The number of hydrogen-bond acceptors (Lipinski definition) is 4. The molecule has 6 rings (SSSR count). The van der Waals surface area contributed by atoms with Gasteiger partial charge in [0, 0.05) is 0 Å². The molecule has 6 nitrogen and oxygen atoms in total. The smallest absolute Gasteiger partial charge is 1.00 e. The Balaban J connectivity index is 0.000000397. The summed E-state index contributed by atoms with van der Waals surface area (Å²) >= 11 is -1.91. The van der Waals surface area contributed by atoms with Gasteiger partial charge in [-0.2, -0.15) is 0 Å². The third kappa shape index (κ3) is 7.00. The van der Waals surface area contributed by atoms with Crippen LogP contribution in [0.1, 0.15) is 55.2 Å². The SMILES string of the molecule is C1=C(N2CCCC2)c2ccccc2[CH]1[Zr+2][CH]1C=C(N2CCCC2)c2ccccc21.O=C[NH][GaH][NH]C=O.[Cl-].[Cl-]. The molecule has 2 unspecified atom stereocenters. The minimum atomic E-state index is -1.18. The van der Waals surface area contributed by atoms with Crippen LogP contribution in [0.25, 0.3) is 11.4 Å². The summed E-state index contributed by atoms with van der Waals surface area (Å²) in [6.45, 7) is 4.96. The van der Waals surface area contributed by atoms with Gasteiger partial charge in [-0.3, -0.25) is 0 Å². The van der Waals surface area contributed by atoms with Crippen molar-refractivity contribution in [3.05, 3.63) is 82.9 Å². The van der Waals surface area contributed by atoms with Gasteiger partial charge in [0.2, 0.25) is 0 Å². The molecular formula is C28H33Cl2GaN4O2Zr. The minimum absolute atomic E-state index is 0. The summed E-state index contributed by atoms with van der Waals surface area (Å²) in [6, 6.07) is 18.5. The Labute approximate surface area is 257 Å². The first-order chi connectivity index (χ1) is 17.8. The number of likely N-dealkylation sites (tertiary alicyclic amines) is 2. The van der Waals surface area contributed by atoms with Crippen LogP contribution in [0.4, 0.5) is 0 Å². The van der Waals surface area contributed by atoms with E-state index in [1.54, 1.807) is 22.5 Å². The average molecular weight is 689 g/mol. The molecule has 2 saturated heterocycles. The van der Waals surface area contributed by atoms with Gasteiger partial charge in [0.1, 0.15) is 0 Å². The number of hydrogen-bond donors (Lipinski definition) is 2. The van der Waals surface area contributed by atoms with E-state index < -0.39 is 41.1 Å². The Hall–Kier alpha value is -1.44. The van der Waals surface area contributed by atoms with Crippen LogP contribution in [0, 0.1) is 0 Å². The second-order valence-electron chi connectivity index (χ2n) is 9.61. The summed E-state index contributed by atoms with van der Waals surface area (Å²) in [6.07, 6.45) is 11.9. The van der Waals surface area contributed by atoms with E-state index >= 15 is 0 Å². The van der Waals surface area contributed by atoms with Gasteiger partial charge >= 0.3 is 235 Å². The molecule has 2 aromatic carbocycles. The van der Waals surface area contributed by atoms with E-state index in [0.29, 0.717) is 20.1 Å². The van der Waals surface area contributed by atoms with Crippen LogP contribution < -0.4 is 32.9 Å². The van der Waals surface area contributed by atoms with Gasteiger partial charge in [-0.15, -0.1) is 0 Å². The molecule has 2 aliphatic heterocycles. The third-order valence-electron chi connectivity index (χ3n) is 7.42. The van der Waals surface area contributed by atoms with Crippen molar-refractivity contribution >= 4 is 42.1 Å². The first-order valence-electron chi connectivity index (χ1n) is 13.0. The molecular weight excluding hydrogens is 656 g/mol. The maximum Gasteiger partial charge on any atom is -1.00 e. The molecule has 198 valence electrons. The predicted octanol–water partition coefficient (Wildman–Crippen LogP) is -2.79. The molecule has 0 radical (unpaired) electrons.